The van der Waals surface area contributed by atoms with E-state index in [-0.39, 0.29) is 104 Å². The number of nitrogen functional groups attached to an aromatic ring is 6. The van der Waals surface area contributed by atoms with Gasteiger partial charge in [0.1, 0.15) is 113 Å². The van der Waals surface area contributed by atoms with Crippen LogP contribution in [0.25, 0.3) is 66.9 Å². The van der Waals surface area contributed by atoms with Crippen LogP contribution in [-0.4, -0.2) is 289 Å². The average Bonchev–Trinajstić information content (AvgIpc) is 1.58. The molecule has 6 unspecified atom stereocenters. The second-order valence-electron chi connectivity index (χ2n) is 30.0. The molecular weight excluding hydrogens is 2100 g/mol. The molecule has 21 rings (SSSR count). The quantitative estimate of drug-likeness (QED) is 0.0642. The van der Waals surface area contributed by atoms with Crippen molar-refractivity contribution in [2.75, 3.05) is 74.0 Å². The Morgan fingerprint density at radius 2 is 0.828 bits per heavy atom. The lowest BCUT2D eigenvalue weighted by Gasteiger charge is -2.27. The summed E-state index contributed by atoms with van der Waals surface area (Å²) in [6.07, 6.45) is -17.5. The van der Waals surface area contributed by atoms with Crippen molar-refractivity contribution >= 4 is 249 Å². The van der Waals surface area contributed by atoms with Crippen molar-refractivity contribution in [1.82, 2.24) is 123 Å². The second-order valence-corrected chi connectivity index (χ2v) is 51.0. The molecule has 12 aromatic rings. The molecule has 12 aromatic heterocycles. The number of H-pyrrole nitrogens is 3. The molecule has 29 atom stereocenters. The van der Waals surface area contributed by atoms with Crippen molar-refractivity contribution in [3.05, 3.63) is 81.3 Å². The number of rotatable bonds is 6. The molecule has 134 heavy (non-hydrogen) atoms. The van der Waals surface area contributed by atoms with E-state index in [4.69, 9.17) is 162 Å². The Labute approximate surface area is 784 Å². The summed E-state index contributed by atoms with van der Waals surface area (Å²) in [6, 6.07) is 1.61. The van der Waals surface area contributed by atoms with Crippen LogP contribution in [-0.2, 0) is 132 Å². The Hall–Kier alpha value is -6.84. The molecule has 9 saturated heterocycles. The van der Waals surface area contributed by atoms with Crippen molar-refractivity contribution in [2.24, 2.45) is 0 Å². The maximum atomic E-state index is 16.0. The summed E-state index contributed by atoms with van der Waals surface area (Å²) >= 11 is 33.3. The number of aromatic amines is 3. The Kier molecular flexibility index (Phi) is 26.5. The van der Waals surface area contributed by atoms with Crippen LogP contribution in [0.2, 0.25) is 0 Å². The number of hydrogen-bond acceptors (Lipinski definition) is 49. The average molecular weight is 2160 g/mol. The first-order valence-corrected chi connectivity index (χ1v) is 56.9. The SMILES string of the molecule is Nc1nc2c(ncn2[C@@H]2S[C@@H]3COP(O)(=S)O[C@H]4[C@H](F)[C@H](n5ccc6c(N)ncnc65)O[C@@H]4COP(=O)(S)O[C@@H]2C3)c(=O)[nH]1.Nc1nc2c(ncn2[C@@H]2S[C@@H]3COP(O)(=S)O[C@H]4[C@H](F)[C@H](n5nnc6c(N)ncnc65)O[C@@H]4COP(O)(=S)O[C@@H]2[C@H]3F)c(=O)[nH]1.Nc1nc2c(nnn2[C@@H]2S[C@@H]3COP(O)(=S)O[C@H]4[C@H](F)[C@H](n5cnc6c(N)ncnc65)O[C@@H]4COP(O)(=S)O[C@@H]2[C@@H]3F)c(=O)[nH]1. The Balaban J connectivity index is 0.000000129. The summed E-state index contributed by atoms with van der Waals surface area (Å²) in [4.78, 5) is 147. The highest BCUT2D eigenvalue weighted by Crippen LogP contribution is 2.64. The summed E-state index contributed by atoms with van der Waals surface area (Å²) in [5.74, 6) is -0.351. The molecule has 0 amide bonds. The van der Waals surface area contributed by atoms with Crippen LogP contribution in [0.1, 0.15) is 41.2 Å². The van der Waals surface area contributed by atoms with Gasteiger partial charge in [0.15, 0.2) is 99.1 Å². The highest BCUT2D eigenvalue weighted by molar-refractivity contribution is 8.44. The number of thiol groups is 1. The molecule has 0 saturated carbocycles. The predicted molar refractivity (Wildman–Crippen MR) is 481 cm³/mol. The largest absolute Gasteiger partial charge is 0.386 e. The van der Waals surface area contributed by atoms with Crippen LogP contribution >= 0.6 is 87.9 Å². The maximum Gasteiger partial charge on any atom is 0.386 e. The molecule has 0 aromatic carbocycles. The van der Waals surface area contributed by atoms with Gasteiger partial charge in [0.2, 0.25) is 17.8 Å². The minimum atomic E-state index is -4.31. The van der Waals surface area contributed by atoms with E-state index in [1.165, 1.54) is 57.0 Å². The van der Waals surface area contributed by atoms with E-state index in [1.807, 2.05) is 0 Å². The fourth-order valence-corrected chi connectivity index (χ4v) is 29.2. The van der Waals surface area contributed by atoms with Crippen LogP contribution < -0.4 is 51.1 Å². The van der Waals surface area contributed by atoms with E-state index in [9.17, 15) is 43.4 Å². The highest BCUT2D eigenvalue weighted by atomic mass is 32.7. The number of anilines is 6. The molecule has 0 spiro atoms. The molecule has 75 heteroatoms. The van der Waals surface area contributed by atoms with Gasteiger partial charge in [0, 0.05) is 11.4 Å². The Morgan fingerprint density at radius 3 is 1.40 bits per heavy atom. The standard InChI is InChI=1S/C21H24FN9O8P2S3.2C19H21F2N11O8P2S3/c22-12-14-11(37-19(12)30-2-1-9-15(23)25-6-26-16(9)30)5-36-40(33,42)38-10-3-8(4-35-41(34,43)39-14)44-20(10)31-7-27-13-17(31)28-21(24)29-18(13)32;20-7-6-2-37-42(35,44)39-11-5(38-17(8(11)21)32-14-9(29-30-32)13(22)24-3-25-14)1-36-41(34,43)40-12(7)18(45-6)31-4-26-10-15(31)27-19(23)28-16(10)33;20-7-6-2-37-42(35,44)39-11-5(38-17(8(11)21)31-4-26-9-13(22)24-3-25-14(9)31)1-36-41(34,43)40-12(7)18(45-6)32-15-10(29-30-32)16(33)28-19(23)27-15/h1-2,6-8,10-12,14,19-20H,3-5H2,(H,33,42)(H,34,43)(H2,23,25,26)(H3,24,28,29,32);2*3-8,11-12,17-18H,1-2H2,(H,34,43)(H,35,44)(H2,22,24,25)(H3,23,27,28,33)/t8-,10+,11+,12-,14+,19+,20+,40?,41?;5-,6-,7+,8+,11-,12-,17-,18-,41?,42?;5-,6-,7-,8+,11-,12-,17-,18-,41?,42?/m011/s1. The van der Waals surface area contributed by atoms with Gasteiger partial charge in [-0.1, -0.05) is 22.7 Å². The summed E-state index contributed by atoms with van der Waals surface area (Å²) in [5, 5.41) is 10.5. The van der Waals surface area contributed by atoms with Gasteiger partial charge in [0.25, 0.3) is 16.7 Å². The third-order valence-corrected chi connectivity index (χ3v) is 35.5. The van der Waals surface area contributed by atoms with Gasteiger partial charge < -0.3 is 100 Å². The zero-order valence-corrected chi connectivity index (χ0v) is 79.2. The number of ether oxygens (including phenoxy) is 3. The van der Waals surface area contributed by atoms with Gasteiger partial charge in [-0.2, -0.15) is 19.6 Å². The summed E-state index contributed by atoms with van der Waals surface area (Å²) in [5.41, 5.74) is 33.5. The molecule has 0 radical (unpaired) electrons. The van der Waals surface area contributed by atoms with Crippen molar-refractivity contribution in [2.45, 2.75) is 143 Å². The van der Waals surface area contributed by atoms with E-state index in [0.717, 1.165) is 45.5 Å². The number of imidazole rings is 3. The number of fused-ring (bicyclic) bond motifs is 15. The summed E-state index contributed by atoms with van der Waals surface area (Å²) in [6.45, 7) is -28.3. The van der Waals surface area contributed by atoms with E-state index >= 15 is 22.0 Å². The molecular formula is C59H66F5N31O24P6S9. The van der Waals surface area contributed by atoms with Gasteiger partial charge in [-0.05, 0) is 71.5 Å². The third kappa shape index (κ3) is 18.9. The van der Waals surface area contributed by atoms with Crippen molar-refractivity contribution in [1.29, 1.82) is 0 Å². The molecule has 20 N–H and O–H groups in total. The van der Waals surface area contributed by atoms with Gasteiger partial charge in [-0.25, -0.2) is 76.1 Å². The van der Waals surface area contributed by atoms with Gasteiger partial charge in [0.05, 0.1) is 80.6 Å². The molecule has 720 valence electrons. The van der Waals surface area contributed by atoms with Crippen LogP contribution in [0.3, 0.4) is 0 Å². The third-order valence-electron chi connectivity index (χ3n) is 21.5. The lowest BCUT2D eigenvalue weighted by atomic mass is 10.1. The minimum Gasteiger partial charge on any atom is -0.383 e. The van der Waals surface area contributed by atoms with E-state index < -0.39 is 226 Å². The summed E-state index contributed by atoms with van der Waals surface area (Å²) < 4.78 is 186. The topological polar surface area (TPSA) is 747 Å². The zero-order valence-electron chi connectivity index (χ0n) is 66.4. The zero-order chi connectivity index (χ0) is 94.6. The van der Waals surface area contributed by atoms with Gasteiger partial charge in [-0.15, -0.1) is 45.5 Å². The first-order valence-electron chi connectivity index (χ1n) is 38.5. The molecule has 6 bridgehead atoms. The van der Waals surface area contributed by atoms with Crippen molar-refractivity contribution < 1.29 is 119 Å². The number of aromatic nitrogens is 25. The Morgan fingerprint density at radius 1 is 0.410 bits per heavy atom. The van der Waals surface area contributed by atoms with Gasteiger partial charge >= 0.3 is 40.4 Å². The molecule has 9 aliphatic rings. The monoisotopic (exact) mass is 2160 g/mol. The van der Waals surface area contributed by atoms with E-state index in [2.05, 4.69) is 108 Å². The van der Waals surface area contributed by atoms with E-state index in [0.29, 0.717) is 11.0 Å². The van der Waals surface area contributed by atoms with E-state index in [1.54, 1.807) is 10.6 Å². The first-order chi connectivity index (χ1) is 63.5. The maximum absolute atomic E-state index is 16.0. The molecule has 9 aliphatic heterocycles. The molecule has 21 heterocycles. The fraction of sp³-hybridized carbons (Fsp3) is 0.508. The smallest absolute Gasteiger partial charge is 0.383 e. The number of nitrogens with two attached hydrogens (primary N) is 6. The van der Waals surface area contributed by atoms with Crippen molar-refractivity contribution in [3.8, 4) is 0 Å². The number of hydrogen-bond donors (Lipinski definition) is 15. The number of thioether (sulfide) groups is 3. The second kappa shape index (κ2) is 37.0. The van der Waals surface area contributed by atoms with Crippen molar-refractivity contribution in [3.63, 3.8) is 0 Å². The minimum absolute atomic E-state index is 0.00844. The van der Waals surface area contributed by atoms with Crippen LogP contribution in [0, 0.1) is 0 Å². The van der Waals surface area contributed by atoms with Crippen LogP contribution in [0.15, 0.2) is 64.6 Å². The molecule has 9 fully saturated rings. The number of nitrogens with one attached hydrogen (secondary N) is 3. The number of halogens is 5. The Bertz CT molecular complexity index is 6840. The number of nitrogens with zero attached hydrogens (tertiary/aromatic N) is 22. The van der Waals surface area contributed by atoms with Crippen LogP contribution in [0.5, 0.6) is 0 Å². The lowest BCUT2D eigenvalue weighted by Crippen LogP contribution is -2.34. The molecule has 55 nitrogen and oxygen atoms in total. The van der Waals surface area contributed by atoms with Crippen LogP contribution in [0.4, 0.5) is 57.3 Å². The molecule has 0 aliphatic carbocycles. The number of alkyl halides is 5. The summed E-state index contributed by atoms with van der Waals surface area (Å²) in [7, 11) is 0. The van der Waals surface area contributed by atoms with Gasteiger partial charge in [-0.3, -0.25) is 74.7 Å². The lowest BCUT2D eigenvalue weighted by molar-refractivity contribution is -0.0493. The normalized spacial score (nSPS) is 37.3. The first kappa shape index (κ1) is 96.1. The fourth-order valence-electron chi connectivity index (χ4n) is 15.6. The predicted octanol–water partition coefficient (Wildman–Crippen LogP) is 1.96. The highest BCUT2D eigenvalue weighted by Gasteiger charge is 2.58.